The molecule has 0 spiro atoms. The molecule has 0 aromatic heterocycles. The van der Waals surface area contributed by atoms with Gasteiger partial charge in [0.1, 0.15) is 36.8 Å². The highest BCUT2D eigenvalue weighted by atomic mass is 31.2. The number of esters is 2. The van der Waals surface area contributed by atoms with Gasteiger partial charge < -0.3 is 54.8 Å². The molecule has 2 aliphatic rings. The monoisotopic (exact) mass is 1010 g/mol. The number of ketones is 1. The van der Waals surface area contributed by atoms with Gasteiger partial charge in [-0.15, -0.1) is 0 Å². The molecule has 21 heteroatoms. The van der Waals surface area contributed by atoms with Gasteiger partial charge in [0.15, 0.2) is 6.10 Å². The highest BCUT2D eigenvalue weighted by molar-refractivity contribution is 7.47. The minimum Gasteiger partial charge on any atom is -0.462 e. The van der Waals surface area contributed by atoms with Crippen LogP contribution in [0.2, 0.25) is 0 Å². The quantitative estimate of drug-likeness (QED) is 0.0221. The normalized spacial score (nSPS) is 30.7. The van der Waals surface area contributed by atoms with E-state index in [0.29, 0.717) is 32.1 Å². The lowest BCUT2D eigenvalue weighted by Crippen LogP contribution is -2.56. The van der Waals surface area contributed by atoms with Crippen molar-refractivity contribution in [3.63, 3.8) is 0 Å². The predicted octanol–water partition coefficient (Wildman–Crippen LogP) is 6.32. The summed E-state index contributed by atoms with van der Waals surface area (Å²) in [5.74, 6) is -5.49. The summed E-state index contributed by atoms with van der Waals surface area (Å²) in [6.07, 6.45) is 3.60. The second kappa shape index (κ2) is 34.4. The first-order chi connectivity index (χ1) is 32.3. The minimum atomic E-state index is -5.78. The molecular weight excluding hydrogens is 930 g/mol. The number of carbonyl (C=O) groups is 3. The van der Waals surface area contributed by atoms with E-state index in [1.807, 2.05) is 6.92 Å². The number of carbonyl (C=O) groups excluding carboxylic acids is 3. The van der Waals surface area contributed by atoms with E-state index in [9.17, 15) is 68.8 Å². The van der Waals surface area contributed by atoms with Crippen LogP contribution in [0.4, 0.5) is 0 Å². The van der Waals surface area contributed by atoms with Gasteiger partial charge in [-0.05, 0) is 51.4 Å². The number of hydrogen-bond donors (Lipinski definition) is 9. The van der Waals surface area contributed by atoms with Crippen LogP contribution >= 0.6 is 15.6 Å². The molecule has 12 atom stereocenters. The van der Waals surface area contributed by atoms with Crippen LogP contribution < -0.4 is 0 Å². The average Bonchev–Trinajstić information content (AvgIpc) is 3.28. The second-order valence-corrected chi connectivity index (χ2v) is 20.9. The third kappa shape index (κ3) is 26.0. The van der Waals surface area contributed by atoms with Crippen molar-refractivity contribution in [1.82, 2.24) is 0 Å². The van der Waals surface area contributed by atoms with E-state index in [4.69, 9.17) is 23.0 Å². The number of hydrogen-bond acceptors (Lipinski definition) is 16. The number of Topliss-reactive ketones (excluding diaryl/α,β-unsaturated/α-hetero) is 1. The van der Waals surface area contributed by atoms with Crippen LogP contribution in [0.15, 0.2) is 24.3 Å². The number of fused-ring (bicyclic) bond motifs is 4. The molecule has 1 heterocycles. The first kappa shape index (κ1) is 62.2. The largest absolute Gasteiger partial charge is 0.472 e. The Morgan fingerprint density at radius 2 is 1.40 bits per heavy atom. The smallest absolute Gasteiger partial charge is 0.462 e. The van der Waals surface area contributed by atoms with E-state index in [0.717, 1.165) is 70.3 Å². The predicted molar refractivity (Wildman–Crippen MR) is 251 cm³/mol. The molecule has 2 rings (SSSR count). The molecule has 1 aliphatic carbocycles. The summed E-state index contributed by atoms with van der Waals surface area (Å²) >= 11 is 0. The summed E-state index contributed by atoms with van der Waals surface area (Å²) < 4.78 is 52.2. The first-order valence-electron chi connectivity index (χ1n) is 25.0. The molecule has 0 aromatic carbocycles. The maximum atomic E-state index is 13.8. The molecule has 1 saturated carbocycles. The van der Waals surface area contributed by atoms with Crippen molar-refractivity contribution in [3.05, 3.63) is 24.3 Å². The number of rotatable bonds is 24. The van der Waals surface area contributed by atoms with Gasteiger partial charge in [-0.2, -0.15) is 0 Å². The average molecular weight is 1020 g/mol. The summed E-state index contributed by atoms with van der Waals surface area (Å²) in [6.45, 7) is 2.56. The topological polar surface area (TPSA) is 314 Å². The van der Waals surface area contributed by atoms with Crippen LogP contribution in [-0.4, -0.2) is 131 Å². The van der Waals surface area contributed by atoms with Crippen LogP contribution in [-0.2, 0) is 46.6 Å². The third-order valence-electron chi connectivity index (χ3n) is 12.4. The van der Waals surface area contributed by atoms with Crippen molar-refractivity contribution in [3.8, 4) is 0 Å². The molecule has 1 saturated heterocycles. The highest BCUT2D eigenvalue weighted by Crippen LogP contribution is 2.49. The molecule has 0 aromatic rings. The Hall–Kier alpha value is -1.93. The number of aliphatic hydroxyl groups excluding tert-OH is 6. The van der Waals surface area contributed by atoms with Crippen LogP contribution in [0.5, 0.6) is 0 Å². The molecule has 0 amide bonds. The number of cyclic esters (lactones) is 1. The molecule has 68 heavy (non-hydrogen) atoms. The summed E-state index contributed by atoms with van der Waals surface area (Å²) in [6, 6.07) is 0. The summed E-state index contributed by atoms with van der Waals surface area (Å²) in [7, 11) is -11.5. The van der Waals surface area contributed by atoms with Crippen LogP contribution in [0.25, 0.3) is 0 Å². The molecular formula is C47H84O19P2. The molecule has 1 aliphatic heterocycles. The zero-order valence-electron chi connectivity index (χ0n) is 40.3. The SMILES string of the molecule is CCCCCC/C=C\CCCCCCCCCC(=O)O[C@@H]1COC(=O)CCCCCC[C@H]2C(=O)C[C@@H](O)[C@H](/C=C/[C@@H](O)CCCCC)[C@@H](O)[C@@H](OP(=O)(O)O)[C@@H](OP(=O)(O)OC1)[C@H](O)[C@@H](O)[C@@H]2O. The van der Waals surface area contributed by atoms with Gasteiger partial charge in [-0.25, -0.2) is 9.13 Å². The Bertz CT molecular complexity index is 1570. The van der Waals surface area contributed by atoms with Gasteiger partial charge in [-0.3, -0.25) is 28.0 Å². The highest BCUT2D eigenvalue weighted by Gasteiger charge is 2.51. The molecule has 2 bridgehead atoms. The van der Waals surface area contributed by atoms with Crippen molar-refractivity contribution in [2.24, 2.45) is 11.8 Å². The lowest BCUT2D eigenvalue weighted by Gasteiger charge is -2.38. The Kier molecular flexibility index (Phi) is 31.5. The fourth-order valence-electron chi connectivity index (χ4n) is 8.39. The Morgan fingerprint density at radius 3 is 2.04 bits per heavy atom. The molecule has 0 radical (unpaired) electrons. The maximum Gasteiger partial charge on any atom is 0.472 e. The van der Waals surface area contributed by atoms with Gasteiger partial charge in [0.05, 0.1) is 31.0 Å². The van der Waals surface area contributed by atoms with E-state index < -0.39 is 120 Å². The van der Waals surface area contributed by atoms with Crippen LogP contribution in [0.3, 0.4) is 0 Å². The second-order valence-electron chi connectivity index (χ2n) is 18.3. The minimum absolute atomic E-state index is 0.0325. The standard InChI is InChI=1S/C47H84O19P2/c1-3-5-7-8-9-10-11-12-13-14-15-16-17-18-24-28-41(52)64-35-32-62-40(51)27-23-20-19-22-26-36-38(49)31-39(50)37(30-29-34(48)25-21-6-4-2)43(54)46(65-67(57,58)59)47(45(56)44(55)42(36)53)66-68(60,61)63-33-35/h10-11,29-30,34-37,39,42-48,50,53-56H,3-9,12-28,31-33H2,1-2H3,(H,60,61)(H2,57,58,59)/b11-10-,30-29+/t34-,35+,36-,37-,39+,42+,43+,44-,45+,46+,47-/m0/s1. The van der Waals surface area contributed by atoms with E-state index in [2.05, 4.69) is 19.1 Å². The number of phosphoric acid groups is 2. The third-order valence-corrected chi connectivity index (χ3v) is 13.9. The van der Waals surface area contributed by atoms with Crippen molar-refractivity contribution >= 4 is 33.4 Å². The summed E-state index contributed by atoms with van der Waals surface area (Å²) in [5.41, 5.74) is 0. The fraction of sp³-hybridized carbons (Fsp3) is 0.851. The fourth-order valence-corrected chi connectivity index (χ4v) is 9.92. The van der Waals surface area contributed by atoms with E-state index in [1.54, 1.807) is 0 Å². The van der Waals surface area contributed by atoms with Crippen LogP contribution in [0, 0.1) is 11.8 Å². The van der Waals surface area contributed by atoms with Crippen molar-refractivity contribution in [1.29, 1.82) is 0 Å². The van der Waals surface area contributed by atoms with Crippen molar-refractivity contribution in [2.75, 3.05) is 13.2 Å². The van der Waals surface area contributed by atoms with Gasteiger partial charge in [-0.1, -0.05) is 128 Å². The Labute approximate surface area is 402 Å². The summed E-state index contributed by atoms with van der Waals surface area (Å²) in [5, 5.41) is 68.3. The lowest BCUT2D eigenvalue weighted by atomic mass is 9.83. The van der Waals surface area contributed by atoms with E-state index >= 15 is 0 Å². The maximum absolute atomic E-state index is 13.8. The number of allylic oxidation sites excluding steroid dienone is 2. The molecule has 19 nitrogen and oxygen atoms in total. The Morgan fingerprint density at radius 1 is 0.794 bits per heavy atom. The van der Waals surface area contributed by atoms with Gasteiger partial charge >= 0.3 is 27.6 Å². The number of phosphoric ester groups is 2. The Balaban J connectivity index is 2.34. The van der Waals surface area contributed by atoms with Crippen molar-refractivity contribution in [2.45, 2.75) is 229 Å². The van der Waals surface area contributed by atoms with Crippen molar-refractivity contribution < 1.29 is 91.9 Å². The zero-order chi connectivity index (χ0) is 50.5. The van der Waals surface area contributed by atoms with Gasteiger partial charge in [0.2, 0.25) is 0 Å². The first-order valence-corrected chi connectivity index (χ1v) is 28.0. The number of unbranched alkanes of at least 4 members (excludes halogenated alkanes) is 13. The number of aliphatic hydroxyl groups is 6. The molecule has 2 fully saturated rings. The molecule has 396 valence electrons. The van der Waals surface area contributed by atoms with E-state index in [-0.39, 0.29) is 32.1 Å². The number of ether oxygens (including phenoxy) is 2. The lowest BCUT2D eigenvalue weighted by molar-refractivity contribution is -0.165. The van der Waals surface area contributed by atoms with Gasteiger partial charge in [0.25, 0.3) is 0 Å². The zero-order valence-corrected chi connectivity index (χ0v) is 42.0. The van der Waals surface area contributed by atoms with E-state index in [1.165, 1.54) is 31.8 Å². The molecule has 9 N–H and O–H groups in total. The molecule has 1 unspecified atom stereocenters. The van der Waals surface area contributed by atoms with Crippen LogP contribution in [0.1, 0.15) is 174 Å². The van der Waals surface area contributed by atoms with Gasteiger partial charge in [0, 0.05) is 31.1 Å². The summed E-state index contributed by atoms with van der Waals surface area (Å²) in [4.78, 5) is 70.5.